The zero-order valence-corrected chi connectivity index (χ0v) is 7.69. The minimum Gasteiger partial charge on any atom is -0.506 e. The average Bonchev–Trinajstić information content (AvgIpc) is 2.00. The third-order valence-corrected chi connectivity index (χ3v) is 1.20. The zero-order valence-electron chi connectivity index (χ0n) is 6.87. The van der Waals surface area contributed by atoms with E-state index in [1.54, 1.807) is 13.0 Å². The van der Waals surface area contributed by atoms with Crippen LogP contribution < -0.4 is 11.1 Å². The van der Waals surface area contributed by atoms with Crippen LogP contribution in [0.25, 0.3) is 0 Å². The summed E-state index contributed by atoms with van der Waals surface area (Å²) in [4.78, 5) is 0. The standard InChI is InChI=1S/C8H12N2OS/c1-3-5-7(11)6(4-2)10-8(9)12/h3-5,11H,1H2,2H3,(H3,9,10,12)/b6-4+,7-5+. The van der Waals surface area contributed by atoms with E-state index in [1.807, 2.05) is 0 Å². The quantitative estimate of drug-likeness (QED) is 0.352. The highest BCUT2D eigenvalue weighted by atomic mass is 32.1. The summed E-state index contributed by atoms with van der Waals surface area (Å²) < 4.78 is 0. The van der Waals surface area contributed by atoms with Crippen molar-refractivity contribution in [3.63, 3.8) is 0 Å². The fraction of sp³-hybridized carbons (Fsp3) is 0.125. The van der Waals surface area contributed by atoms with Crippen molar-refractivity contribution in [1.82, 2.24) is 5.32 Å². The third-order valence-electron chi connectivity index (χ3n) is 1.10. The number of rotatable bonds is 3. The topological polar surface area (TPSA) is 58.3 Å². The maximum Gasteiger partial charge on any atom is 0.168 e. The van der Waals surface area contributed by atoms with Gasteiger partial charge in [-0.25, -0.2) is 0 Å². The predicted octanol–water partition coefficient (Wildman–Crippen LogP) is 1.35. The molecular formula is C8H12N2OS. The van der Waals surface area contributed by atoms with Crippen molar-refractivity contribution >= 4 is 17.3 Å². The van der Waals surface area contributed by atoms with Crippen LogP contribution in [0.5, 0.6) is 0 Å². The fourth-order valence-electron chi connectivity index (χ4n) is 0.618. The monoisotopic (exact) mass is 184 g/mol. The third kappa shape index (κ3) is 3.78. The summed E-state index contributed by atoms with van der Waals surface area (Å²) in [5, 5.41) is 12.0. The average molecular weight is 184 g/mol. The van der Waals surface area contributed by atoms with Gasteiger partial charge in [-0.2, -0.15) is 0 Å². The van der Waals surface area contributed by atoms with E-state index in [1.165, 1.54) is 12.2 Å². The van der Waals surface area contributed by atoms with E-state index in [-0.39, 0.29) is 10.9 Å². The molecule has 0 aromatic heterocycles. The zero-order chi connectivity index (χ0) is 9.56. The van der Waals surface area contributed by atoms with E-state index in [4.69, 9.17) is 5.73 Å². The Morgan fingerprint density at radius 1 is 1.67 bits per heavy atom. The minimum atomic E-state index is 0.0558. The van der Waals surface area contributed by atoms with Gasteiger partial charge in [0.15, 0.2) is 5.11 Å². The molecule has 0 heterocycles. The Balaban J connectivity index is 4.47. The normalized spacial score (nSPS) is 12.4. The molecule has 0 saturated heterocycles. The molecule has 0 aliphatic carbocycles. The van der Waals surface area contributed by atoms with E-state index in [0.717, 1.165) is 0 Å². The molecule has 0 fully saturated rings. The largest absolute Gasteiger partial charge is 0.506 e. The number of nitrogens with two attached hydrogens (primary N) is 1. The lowest BCUT2D eigenvalue weighted by atomic mass is 10.3. The molecule has 4 heteroatoms. The maximum atomic E-state index is 9.30. The lowest BCUT2D eigenvalue weighted by molar-refractivity contribution is 0.419. The summed E-state index contributed by atoms with van der Waals surface area (Å²) in [5.41, 5.74) is 5.69. The van der Waals surface area contributed by atoms with Crippen LogP contribution in [0, 0.1) is 0 Å². The molecule has 4 N–H and O–H groups in total. The van der Waals surface area contributed by atoms with E-state index in [9.17, 15) is 5.11 Å². The number of thiocarbonyl (C=S) groups is 1. The summed E-state index contributed by atoms with van der Waals surface area (Å²) in [6.07, 6.45) is 4.58. The number of hydrogen-bond donors (Lipinski definition) is 3. The first-order valence-electron chi connectivity index (χ1n) is 3.36. The van der Waals surface area contributed by atoms with Crippen molar-refractivity contribution in [1.29, 1.82) is 0 Å². The number of aliphatic hydroxyl groups excluding tert-OH is 1. The molecule has 0 saturated carbocycles. The first kappa shape index (κ1) is 10.7. The molecule has 0 radical (unpaired) electrons. The molecule has 12 heavy (non-hydrogen) atoms. The van der Waals surface area contributed by atoms with Crippen LogP contribution in [-0.4, -0.2) is 10.2 Å². The van der Waals surface area contributed by atoms with Gasteiger partial charge in [0.25, 0.3) is 0 Å². The Morgan fingerprint density at radius 2 is 2.25 bits per heavy atom. The van der Waals surface area contributed by atoms with E-state index in [0.29, 0.717) is 5.70 Å². The molecule has 0 aliphatic rings. The highest BCUT2D eigenvalue weighted by Crippen LogP contribution is 2.01. The molecule has 0 spiro atoms. The van der Waals surface area contributed by atoms with Crippen molar-refractivity contribution in [3.8, 4) is 0 Å². The summed E-state index contributed by atoms with van der Waals surface area (Å²) >= 11 is 4.60. The second kappa shape index (κ2) is 5.37. The molecule has 0 atom stereocenters. The Kier molecular flexibility index (Phi) is 4.79. The molecule has 3 nitrogen and oxygen atoms in total. The maximum absolute atomic E-state index is 9.30. The summed E-state index contributed by atoms with van der Waals surface area (Å²) in [7, 11) is 0. The number of nitrogens with one attached hydrogen (secondary N) is 1. The smallest absolute Gasteiger partial charge is 0.168 e. The van der Waals surface area contributed by atoms with Gasteiger partial charge >= 0.3 is 0 Å². The van der Waals surface area contributed by atoms with Crippen LogP contribution in [0.1, 0.15) is 6.92 Å². The van der Waals surface area contributed by atoms with Crippen molar-refractivity contribution in [2.45, 2.75) is 6.92 Å². The highest BCUT2D eigenvalue weighted by molar-refractivity contribution is 7.80. The molecule has 0 rings (SSSR count). The van der Waals surface area contributed by atoms with Crippen molar-refractivity contribution < 1.29 is 5.11 Å². The molecule has 0 amide bonds. The van der Waals surface area contributed by atoms with Gasteiger partial charge in [0.05, 0.1) is 5.70 Å². The van der Waals surface area contributed by atoms with Gasteiger partial charge in [-0.05, 0) is 25.2 Å². The van der Waals surface area contributed by atoms with Gasteiger partial charge in [-0.1, -0.05) is 18.7 Å². The van der Waals surface area contributed by atoms with Crippen LogP contribution in [0.4, 0.5) is 0 Å². The summed E-state index contributed by atoms with van der Waals surface area (Å²) in [6, 6.07) is 0. The summed E-state index contributed by atoms with van der Waals surface area (Å²) in [6.45, 7) is 5.20. The molecule has 0 aromatic carbocycles. The number of hydrogen-bond acceptors (Lipinski definition) is 2. The SMILES string of the molecule is C=C/C=C(O)\C(=C/C)NC(N)=S. The molecule has 0 aliphatic heterocycles. The van der Waals surface area contributed by atoms with Gasteiger partial charge < -0.3 is 16.2 Å². The van der Waals surface area contributed by atoms with Crippen molar-refractivity contribution in [2.24, 2.45) is 5.73 Å². The van der Waals surface area contributed by atoms with Gasteiger partial charge in [-0.15, -0.1) is 0 Å². The highest BCUT2D eigenvalue weighted by Gasteiger charge is 2.00. The van der Waals surface area contributed by atoms with Crippen molar-refractivity contribution in [3.05, 3.63) is 36.3 Å². The molecule has 0 bridgehead atoms. The lowest BCUT2D eigenvalue weighted by Crippen LogP contribution is -2.29. The second-order valence-corrected chi connectivity index (χ2v) is 2.42. The lowest BCUT2D eigenvalue weighted by Gasteiger charge is -2.06. The first-order chi connectivity index (χ1) is 5.61. The Bertz CT molecular complexity index is 243. The first-order valence-corrected chi connectivity index (χ1v) is 3.77. The Labute approximate surface area is 77.3 Å². The van der Waals surface area contributed by atoms with Gasteiger partial charge in [0, 0.05) is 0 Å². The second-order valence-electron chi connectivity index (χ2n) is 1.98. The van der Waals surface area contributed by atoms with Gasteiger partial charge in [-0.3, -0.25) is 0 Å². The molecule has 0 aromatic rings. The molecular weight excluding hydrogens is 172 g/mol. The predicted molar refractivity (Wildman–Crippen MR) is 54.6 cm³/mol. The van der Waals surface area contributed by atoms with E-state index >= 15 is 0 Å². The minimum absolute atomic E-state index is 0.0558. The Hall–Kier alpha value is -1.29. The summed E-state index contributed by atoms with van der Waals surface area (Å²) in [5.74, 6) is 0.0558. The van der Waals surface area contributed by atoms with Crippen LogP contribution in [0.3, 0.4) is 0 Å². The van der Waals surface area contributed by atoms with Crippen LogP contribution in [-0.2, 0) is 0 Å². The van der Waals surface area contributed by atoms with E-state index < -0.39 is 0 Å². The van der Waals surface area contributed by atoms with Crippen molar-refractivity contribution in [2.75, 3.05) is 0 Å². The molecule has 0 unspecified atom stereocenters. The van der Waals surface area contributed by atoms with Crippen LogP contribution in [0.2, 0.25) is 0 Å². The van der Waals surface area contributed by atoms with Gasteiger partial charge in [0.1, 0.15) is 5.76 Å². The number of allylic oxidation sites excluding steroid dienone is 3. The van der Waals surface area contributed by atoms with Gasteiger partial charge in [0.2, 0.25) is 0 Å². The number of aliphatic hydroxyl groups is 1. The fourth-order valence-corrected chi connectivity index (χ4v) is 0.728. The van der Waals surface area contributed by atoms with E-state index in [2.05, 4.69) is 24.1 Å². The molecule has 66 valence electrons. The van der Waals surface area contributed by atoms with Crippen LogP contribution in [0.15, 0.2) is 36.3 Å². The van der Waals surface area contributed by atoms with Crippen LogP contribution >= 0.6 is 12.2 Å². The Morgan fingerprint density at radius 3 is 2.58 bits per heavy atom.